The minimum atomic E-state index is -0.614. The minimum absolute atomic E-state index is 0.524. The predicted molar refractivity (Wildman–Crippen MR) is 54.8 cm³/mol. The lowest BCUT2D eigenvalue weighted by atomic mass is 10.1. The zero-order valence-electron chi connectivity index (χ0n) is 9.03. The second-order valence-electron chi connectivity index (χ2n) is 4.52. The topological polar surface area (TPSA) is 50.5 Å². The number of β-amino-alcohol motifs (C(OH)–C–C–N with tert-alkyl or cyclic N) is 1. The number of hydrogen-bond donors (Lipinski definition) is 1. The molecule has 4 nitrogen and oxygen atoms in total. The van der Waals surface area contributed by atoms with Gasteiger partial charge in [0, 0.05) is 32.7 Å². The Morgan fingerprint density at radius 1 is 1.21 bits per heavy atom. The van der Waals surface area contributed by atoms with Crippen molar-refractivity contribution < 1.29 is 5.11 Å². The van der Waals surface area contributed by atoms with Crippen LogP contribution < -0.4 is 0 Å². The number of aliphatic hydroxyl groups is 1. The maximum atomic E-state index is 9.63. The molecule has 1 aliphatic heterocycles. The first-order chi connectivity index (χ1) is 6.51. The van der Waals surface area contributed by atoms with Gasteiger partial charge in [-0.05, 0) is 13.8 Å². The average Bonchev–Trinajstić information content (AvgIpc) is 2.06. The maximum Gasteiger partial charge on any atom is 0.0866 e. The molecule has 0 saturated carbocycles. The van der Waals surface area contributed by atoms with E-state index in [0.29, 0.717) is 13.1 Å². The van der Waals surface area contributed by atoms with Crippen molar-refractivity contribution >= 4 is 0 Å². The fourth-order valence-corrected chi connectivity index (χ4v) is 1.75. The Morgan fingerprint density at radius 2 is 1.71 bits per heavy atom. The highest BCUT2D eigenvalue weighted by Gasteiger charge is 2.22. The highest BCUT2D eigenvalue weighted by molar-refractivity contribution is 4.82. The first kappa shape index (κ1) is 11.4. The van der Waals surface area contributed by atoms with Crippen LogP contribution in [0.4, 0.5) is 0 Å². The lowest BCUT2D eigenvalue weighted by Gasteiger charge is -2.36. The van der Waals surface area contributed by atoms with E-state index in [1.54, 1.807) is 0 Å². The van der Waals surface area contributed by atoms with Crippen LogP contribution in [-0.2, 0) is 0 Å². The zero-order valence-corrected chi connectivity index (χ0v) is 9.03. The highest BCUT2D eigenvalue weighted by Crippen LogP contribution is 2.08. The first-order valence-corrected chi connectivity index (χ1v) is 5.05. The van der Waals surface area contributed by atoms with Crippen LogP contribution in [0.15, 0.2) is 0 Å². The SMILES string of the molecule is CC(C)(O)CN1CCN(CC#N)CC1. The van der Waals surface area contributed by atoms with E-state index >= 15 is 0 Å². The summed E-state index contributed by atoms with van der Waals surface area (Å²) in [5, 5.41) is 18.2. The van der Waals surface area contributed by atoms with Crippen LogP contribution in [0, 0.1) is 11.3 Å². The molecule has 14 heavy (non-hydrogen) atoms. The average molecular weight is 197 g/mol. The van der Waals surface area contributed by atoms with Gasteiger partial charge in [0.1, 0.15) is 0 Å². The van der Waals surface area contributed by atoms with E-state index in [2.05, 4.69) is 15.9 Å². The molecule has 0 atom stereocenters. The summed E-state index contributed by atoms with van der Waals surface area (Å²) in [5.41, 5.74) is -0.614. The van der Waals surface area contributed by atoms with Gasteiger partial charge in [0.25, 0.3) is 0 Å². The Morgan fingerprint density at radius 3 is 2.14 bits per heavy atom. The molecule has 1 aliphatic rings. The zero-order chi connectivity index (χ0) is 10.6. The molecule has 1 heterocycles. The van der Waals surface area contributed by atoms with Crippen LogP contribution in [0.2, 0.25) is 0 Å². The second-order valence-corrected chi connectivity index (χ2v) is 4.52. The van der Waals surface area contributed by atoms with Crippen LogP contribution in [0.3, 0.4) is 0 Å². The van der Waals surface area contributed by atoms with Gasteiger partial charge in [0.15, 0.2) is 0 Å². The van der Waals surface area contributed by atoms with Crippen LogP contribution in [0.1, 0.15) is 13.8 Å². The third-order valence-corrected chi connectivity index (χ3v) is 2.37. The fraction of sp³-hybridized carbons (Fsp3) is 0.900. The molecule has 0 aromatic carbocycles. The van der Waals surface area contributed by atoms with Crippen molar-refractivity contribution in [3.8, 4) is 6.07 Å². The van der Waals surface area contributed by atoms with Gasteiger partial charge in [-0.3, -0.25) is 9.80 Å². The Labute approximate surface area is 85.7 Å². The Kier molecular flexibility index (Phi) is 3.87. The molecule has 1 saturated heterocycles. The van der Waals surface area contributed by atoms with Crippen LogP contribution >= 0.6 is 0 Å². The van der Waals surface area contributed by atoms with Crippen molar-refractivity contribution in [3.63, 3.8) is 0 Å². The van der Waals surface area contributed by atoms with Gasteiger partial charge in [0.05, 0.1) is 18.2 Å². The Balaban J connectivity index is 2.26. The molecule has 1 N–H and O–H groups in total. The third-order valence-electron chi connectivity index (χ3n) is 2.37. The van der Waals surface area contributed by atoms with Gasteiger partial charge in [0.2, 0.25) is 0 Å². The lowest BCUT2D eigenvalue weighted by Crippen LogP contribution is -2.50. The third kappa shape index (κ3) is 4.05. The molecule has 0 bridgehead atoms. The van der Waals surface area contributed by atoms with Gasteiger partial charge in [-0.15, -0.1) is 0 Å². The van der Waals surface area contributed by atoms with Crippen LogP contribution in [0.25, 0.3) is 0 Å². The van der Waals surface area contributed by atoms with E-state index in [0.717, 1.165) is 26.2 Å². The van der Waals surface area contributed by atoms with Crippen molar-refractivity contribution in [3.05, 3.63) is 0 Å². The van der Waals surface area contributed by atoms with Crippen molar-refractivity contribution in [1.82, 2.24) is 9.80 Å². The molecule has 0 aliphatic carbocycles. The smallest absolute Gasteiger partial charge is 0.0866 e. The summed E-state index contributed by atoms with van der Waals surface area (Å²) in [6.07, 6.45) is 0. The predicted octanol–water partition coefficient (Wildman–Crippen LogP) is -0.102. The molecule has 4 heteroatoms. The summed E-state index contributed by atoms with van der Waals surface area (Å²) in [5.74, 6) is 0. The number of piperazine rings is 1. The van der Waals surface area contributed by atoms with Gasteiger partial charge in [-0.25, -0.2) is 0 Å². The van der Waals surface area contributed by atoms with Crippen molar-refractivity contribution in [1.29, 1.82) is 5.26 Å². The van der Waals surface area contributed by atoms with Gasteiger partial charge >= 0.3 is 0 Å². The normalized spacial score (nSPS) is 20.7. The molecule has 0 amide bonds. The monoisotopic (exact) mass is 197 g/mol. The van der Waals surface area contributed by atoms with Crippen LogP contribution in [-0.4, -0.2) is 59.8 Å². The van der Waals surface area contributed by atoms with E-state index < -0.39 is 5.60 Å². The molecule has 0 aromatic rings. The van der Waals surface area contributed by atoms with Gasteiger partial charge in [-0.2, -0.15) is 5.26 Å². The molecular weight excluding hydrogens is 178 g/mol. The summed E-state index contributed by atoms with van der Waals surface area (Å²) >= 11 is 0. The summed E-state index contributed by atoms with van der Waals surface area (Å²) < 4.78 is 0. The molecule has 1 fully saturated rings. The lowest BCUT2D eigenvalue weighted by molar-refractivity contribution is 0.0195. The number of hydrogen-bond acceptors (Lipinski definition) is 4. The minimum Gasteiger partial charge on any atom is -0.389 e. The summed E-state index contributed by atoms with van der Waals surface area (Å²) in [7, 11) is 0. The molecule has 0 spiro atoms. The molecular formula is C10H19N3O. The first-order valence-electron chi connectivity index (χ1n) is 5.05. The van der Waals surface area contributed by atoms with E-state index in [4.69, 9.17) is 5.26 Å². The summed E-state index contributed by atoms with van der Waals surface area (Å²) in [4.78, 5) is 4.38. The summed E-state index contributed by atoms with van der Waals surface area (Å²) in [6.45, 7) is 8.66. The molecule has 0 radical (unpaired) electrons. The van der Waals surface area contributed by atoms with Gasteiger partial charge in [-0.1, -0.05) is 0 Å². The number of rotatable bonds is 3. The maximum absolute atomic E-state index is 9.63. The number of nitrogens with zero attached hydrogens (tertiary/aromatic N) is 3. The van der Waals surface area contributed by atoms with E-state index in [-0.39, 0.29) is 0 Å². The van der Waals surface area contributed by atoms with Crippen molar-refractivity contribution in [2.75, 3.05) is 39.3 Å². The van der Waals surface area contributed by atoms with E-state index in [9.17, 15) is 5.11 Å². The van der Waals surface area contributed by atoms with Crippen molar-refractivity contribution in [2.45, 2.75) is 19.4 Å². The molecule has 0 unspecified atom stereocenters. The van der Waals surface area contributed by atoms with E-state index in [1.165, 1.54) is 0 Å². The molecule has 1 rings (SSSR count). The van der Waals surface area contributed by atoms with Crippen molar-refractivity contribution in [2.24, 2.45) is 0 Å². The largest absolute Gasteiger partial charge is 0.389 e. The summed E-state index contributed by atoms with van der Waals surface area (Å²) in [6, 6.07) is 2.16. The fourth-order valence-electron chi connectivity index (χ4n) is 1.75. The van der Waals surface area contributed by atoms with Gasteiger partial charge < -0.3 is 5.11 Å². The Hall–Kier alpha value is -0.630. The second kappa shape index (κ2) is 4.74. The van der Waals surface area contributed by atoms with Crippen LogP contribution in [0.5, 0.6) is 0 Å². The quantitative estimate of drug-likeness (QED) is 0.642. The van der Waals surface area contributed by atoms with E-state index in [1.807, 2.05) is 13.8 Å². The standard InChI is InChI=1S/C10H19N3O/c1-10(2,14)9-13-7-5-12(4-3-11)6-8-13/h14H,4-9H2,1-2H3. The molecule has 0 aromatic heterocycles. The molecule has 80 valence electrons. The highest BCUT2D eigenvalue weighted by atomic mass is 16.3. The number of nitriles is 1. The Bertz CT molecular complexity index is 208.